The number of halogens is 3. The van der Waals surface area contributed by atoms with Gasteiger partial charge in [-0.2, -0.15) is 0 Å². The molecule has 0 heterocycles. The van der Waals surface area contributed by atoms with E-state index in [4.69, 9.17) is 0 Å². The zero-order valence-corrected chi connectivity index (χ0v) is 11.9. The van der Waals surface area contributed by atoms with E-state index < -0.39 is 23.0 Å². The van der Waals surface area contributed by atoms with E-state index in [-0.39, 0.29) is 16.7 Å². The molecule has 0 aliphatic carbocycles. The molecule has 0 aliphatic rings. The molecule has 0 aromatic heterocycles. The fourth-order valence-electron chi connectivity index (χ4n) is 1.32. The Labute approximate surface area is 113 Å². The quantitative estimate of drug-likeness (QED) is 0.682. The van der Waals surface area contributed by atoms with Gasteiger partial charge < -0.3 is 10.1 Å². The Hall–Kier alpha value is -1.17. The lowest BCUT2D eigenvalue weighted by molar-refractivity contribution is -0.149. The first-order chi connectivity index (χ1) is 8.27. The molecular weight excluding hydrogens is 308 g/mol. The molecule has 0 aliphatic heterocycles. The number of anilines is 1. The lowest BCUT2D eigenvalue weighted by atomic mass is 9.93. The molecule has 1 aromatic carbocycles. The summed E-state index contributed by atoms with van der Waals surface area (Å²) in [6.45, 7) is 3.44. The molecule has 3 nitrogen and oxygen atoms in total. The first-order valence-corrected chi connectivity index (χ1v) is 6.04. The van der Waals surface area contributed by atoms with Crippen LogP contribution in [0.15, 0.2) is 16.6 Å². The van der Waals surface area contributed by atoms with Gasteiger partial charge in [0.1, 0.15) is 11.6 Å². The summed E-state index contributed by atoms with van der Waals surface area (Å²) in [7, 11) is 1.28. The van der Waals surface area contributed by atoms with Gasteiger partial charge in [0.15, 0.2) is 0 Å². The number of esters is 1. The second-order valence-electron chi connectivity index (χ2n) is 4.48. The second kappa shape index (κ2) is 5.65. The fraction of sp³-hybridized carbons (Fsp3) is 0.417. The Morgan fingerprint density at radius 3 is 2.56 bits per heavy atom. The van der Waals surface area contributed by atoms with Gasteiger partial charge in [0.2, 0.25) is 0 Å². The van der Waals surface area contributed by atoms with Crippen LogP contribution in [0.25, 0.3) is 0 Å². The summed E-state index contributed by atoms with van der Waals surface area (Å²) in [5.41, 5.74) is -0.822. The Morgan fingerprint density at radius 2 is 2.00 bits per heavy atom. The van der Waals surface area contributed by atoms with Crippen molar-refractivity contribution in [2.45, 2.75) is 13.8 Å². The molecule has 0 radical (unpaired) electrons. The molecule has 0 atom stereocenters. The smallest absolute Gasteiger partial charge is 0.313 e. The number of carbonyl (C=O) groups is 1. The molecule has 0 saturated heterocycles. The van der Waals surface area contributed by atoms with Gasteiger partial charge >= 0.3 is 5.97 Å². The van der Waals surface area contributed by atoms with Crippen molar-refractivity contribution in [3.63, 3.8) is 0 Å². The fourth-order valence-corrected chi connectivity index (χ4v) is 1.64. The number of methoxy groups -OCH3 is 1. The number of ether oxygens (including phenoxy) is 1. The molecule has 100 valence electrons. The van der Waals surface area contributed by atoms with E-state index in [1.54, 1.807) is 13.8 Å². The molecule has 0 bridgehead atoms. The molecule has 18 heavy (non-hydrogen) atoms. The average molecular weight is 322 g/mol. The maximum atomic E-state index is 13.5. The Balaban J connectivity index is 2.81. The van der Waals surface area contributed by atoms with Crippen LogP contribution in [-0.2, 0) is 9.53 Å². The van der Waals surface area contributed by atoms with E-state index in [0.717, 1.165) is 12.1 Å². The van der Waals surface area contributed by atoms with Crippen LogP contribution in [0.5, 0.6) is 0 Å². The highest BCUT2D eigenvalue weighted by atomic mass is 79.9. The van der Waals surface area contributed by atoms with Crippen LogP contribution in [0, 0.1) is 17.0 Å². The van der Waals surface area contributed by atoms with Gasteiger partial charge in [-0.1, -0.05) is 0 Å². The summed E-state index contributed by atoms with van der Waals surface area (Å²) < 4.78 is 31.4. The van der Waals surface area contributed by atoms with Gasteiger partial charge in [0.05, 0.1) is 22.7 Å². The number of rotatable bonds is 4. The number of hydrogen-bond donors (Lipinski definition) is 1. The summed E-state index contributed by atoms with van der Waals surface area (Å²) in [6, 6.07) is 2.07. The lowest BCUT2D eigenvalue weighted by Gasteiger charge is -2.22. The van der Waals surface area contributed by atoms with Crippen LogP contribution in [-0.4, -0.2) is 19.6 Å². The van der Waals surface area contributed by atoms with E-state index >= 15 is 0 Å². The first-order valence-electron chi connectivity index (χ1n) is 5.25. The number of carbonyl (C=O) groups excluding carboxylic acids is 1. The maximum Gasteiger partial charge on any atom is 0.313 e. The highest BCUT2D eigenvalue weighted by Crippen LogP contribution is 2.25. The van der Waals surface area contributed by atoms with Crippen molar-refractivity contribution in [1.82, 2.24) is 0 Å². The molecule has 6 heteroatoms. The van der Waals surface area contributed by atoms with Crippen molar-refractivity contribution < 1.29 is 18.3 Å². The van der Waals surface area contributed by atoms with Crippen molar-refractivity contribution in [2.24, 2.45) is 5.41 Å². The summed E-state index contributed by atoms with van der Waals surface area (Å²) in [5, 5.41) is 2.70. The molecule has 0 unspecified atom stereocenters. The Bertz CT molecular complexity index is 464. The lowest BCUT2D eigenvalue weighted by Crippen LogP contribution is -2.33. The van der Waals surface area contributed by atoms with E-state index in [1.807, 2.05) is 0 Å². The molecular formula is C12H14BrF2NO2. The number of benzene rings is 1. The van der Waals surface area contributed by atoms with Crippen LogP contribution in [0.3, 0.4) is 0 Å². The van der Waals surface area contributed by atoms with Crippen LogP contribution in [0.1, 0.15) is 13.8 Å². The second-order valence-corrected chi connectivity index (χ2v) is 5.33. The molecule has 0 fully saturated rings. The molecule has 0 amide bonds. The molecule has 1 rings (SSSR count). The molecule has 0 spiro atoms. The minimum atomic E-state index is -0.829. The summed E-state index contributed by atoms with van der Waals surface area (Å²) in [4.78, 5) is 11.4. The third-order valence-corrected chi connectivity index (χ3v) is 3.08. The third kappa shape index (κ3) is 3.41. The van der Waals surface area contributed by atoms with Gasteiger partial charge in [-0.3, -0.25) is 4.79 Å². The standard InChI is InChI=1S/C12H14BrF2NO2/c1-12(2,11(17)18-3)6-16-10-5-8(14)7(13)4-9(10)15/h4-5,16H,6H2,1-3H3. The van der Waals surface area contributed by atoms with E-state index in [1.165, 1.54) is 7.11 Å². The highest BCUT2D eigenvalue weighted by molar-refractivity contribution is 9.10. The van der Waals surface area contributed by atoms with Gasteiger partial charge in [-0.25, -0.2) is 8.78 Å². The van der Waals surface area contributed by atoms with Crippen LogP contribution in [0.2, 0.25) is 0 Å². The molecule has 1 aromatic rings. The van der Waals surface area contributed by atoms with Gasteiger partial charge in [-0.15, -0.1) is 0 Å². The van der Waals surface area contributed by atoms with E-state index in [0.29, 0.717) is 0 Å². The number of nitrogens with one attached hydrogen (secondary N) is 1. The summed E-state index contributed by atoms with van der Waals surface area (Å²) >= 11 is 2.89. The predicted octanol–water partition coefficient (Wildman–Crippen LogP) is 3.34. The average Bonchev–Trinajstić information content (AvgIpc) is 2.31. The predicted molar refractivity (Wildman–Crippen MR) is 68.3 cm³/mol. The van der Waals surface area contributed by atoms with Crippen LogP contribution >= 0.6 is 15.9 Å². The topological polar surface area (TPSA) is 38.3 Å². The molecule has 1 N–H and O–H groups in total. The summed E-state index contributed by atoms with van der Waals surface area (Å²) in [5.74, 6) is -1.59. The maximum absolute atomic E-state index is 13.5. The van der Waals surface area contributed by atoms with Gasteiger partial charge in [-0.05, 0) is 35.8 Å². The minimum Gasteiger partial charge on any atom is -0.469 e. The van der Waals surface area contributed by atoms with Crippen molar-refractivity contribution in [2.75, 3.05) is 19.0 Å². The first kappa shape index (κ1) is 14.9. The van der Waals surface area contributed by atoms with Gasteiger partial charge in [0, 0.05) is 12.6 Å². The zero-order valence-electron chi connectivity index (χ0n) is 10.3. The van der Waals surface area contributed by atoms with E-state index in [9.17, 15) is 13.6 Å². The van der Waals surface area contributed by atoms with Crippen molar-refractivity contribution in [3.05, 3.63) is 28.2 Å². The summed E-state index contributed by atoms with van der Waals surface area (Å²) in [6.07, 6.45) is 0. The minimum absolute atomic E-state index is 0.00711. The van der Waals surface area contributed by atoms with Crippen molar-refractivity contribution >= 4 is 27.6 Å². The highest BCUT2D eigenvalue weighted by Gasteiger charge is 2.28. The molecule has 0 saturated carbocycles. The van der Waals surface area contributed by atoms with Crippen molar-refractivity contribution in [1.29, 1.82) is 0 Å². The van der Waals surface area contributed by atoms with Crippen molar-refractivity contribution in [3.8, 4) is 0 Å². The van der Waals surface area contributed by atoms with Crippen LogP contribution in [0.4, 0.5) is 14.5 Å². The zero-order chi connectivity index (χ0) is 13.9. The largest absolute Gasteiger partial charge is 0.469 e. The normalized spacial score (nSPS) is 11.2. The van der Waals surface area contributed by atoms with Crippen LogP contribution < -0.4 is 5.32 Å². The Morgan fingerprint density at radius 1 is 1.39 bits per heavy atom. The number of hydrogen-bond acceptors (Lipinski definition) is 3. The monoisotopic (exact) mass is 321 g/mol. The third-order valence-electron chi connectivity index (χ3n) is 2.47. The van der Waals surface area contributed by atoms with E-state index in [2.05, 4.69) is 26.0 Å². The van der Waals surface area contributed by atoms with Gasteiger partial charge in [0.25, 0.3) is 0 Å². The Kier molecular flexibility index (Phi) is 4.67. The SMILES string of the molecule is COC(=O)C(C)(C)CNc1cc(F)c(Br)cc1F.